The van der Waals surface area contributed by atoms with Gasteiger partial charge in [-0.3, -0.25) is 0 Å². The van der Waals surface area contributed by atoms with E-state index in [2.05, 4.69) is 32.9 Å². The van der Waals surface area contributed by atoms with Gasteiger partial charge in [0.25, 0.3) is 0 Å². The number of carbonyl (C=O) groups excluding carboxylic acids is 1. The fraction of sp³-hybridized carbons (Fsp3) is 0.533. The lowest BCUT2D eigenvalue weighted by Gasteiger charge is -2.37. The Kier molecular flexibility index (Phi) is 2.98. The molecule has 0 aromatic carbocycles. The van der Waals surface area contributed by atoms with E-state index in [4.69, 9.17) is 4.74 Å². The summed E-state index contributed by atoms with van der Waals surface area (Å²) in [5.74, 6) is -0.204. The first kappa shape index (κ1) is 12.2. The second-order valence-electron chi connectivity index (χ2n) is 5.71. The lowest BCUT2D eigenvalue weighted by atomic mass is 9.72. The Bertz CT molecular complexity index is 436. The smallest absolute Gasteiger partial charge is 0.331 e. The van der Waals surface area contributed by atoms with Gasteiger partial charge in [0.1, 0.15) is 6.10 Å². The Morgan fingerprint density at radius 3 is 2.65 bits per heavy atom. The fourth-order valence-corrected chi connectivity index (χ4v) is 2.88. The van der Waals surface area contributed by atoms with E-state index in [-0.39, 0.29) is 17.5 Å². The fourth-order valence-electron chi connectivity index (χ4n) is 2.88. The van der Waals surface area contributed by atoms with Crippen LogP contribution < -0.4 is 0 Å². The number of rotatable bonds is 1. The minimum atomic E-state index is -0.204. The van der Waals surface area contributed by atoms with Crippen LogP contribution in [0.15, 0.2) is 34.9 Å². The highest BCUT2D eigenvalue weighted by molar-refractivity contribution is 5.84. The molecule has 0 aromatic heterocycles. The highest BCUT2D eigenvalue weighted by atomic mass is 16.5. The molecule has 0 bridgehead atoms. The predicted molar refractivity (Wildman–Crippen MR) is 68.5 cm³/mol. The topological polar surface area (TPSA) is 26.3 Å². The van der Waals surface area contributed by atoms with Crippen LogP contribution in [0, 0.1) is 5.41 Å². The Morgan fingerprint density at radius 1 is 1.35 bits per heavy atom. The molecule has 0 aromatic rings. The summed E-state index contributed by atoms with van der Waals surface area (Å²) in [4.78, 5) is 11.5. The zero-order valence-electron chi connectivity index (χ0n) is 11.0. The molecule has 17 heavy (non-hydrogen) atoms. The monoisotopic (exact) mass is 232 g/mol. The van der Waals surface area contributed by atoms with Gasteiger partial charge in [0, 0.05) is 12.5 Å². The van der Waals surface area contributed by atoms with Gasteiger partial charge in [-0.05, 0) is 36.8 Å². The van der Waals surface area contributed by atoms with Gasteiger partial charge in [0.2, 0.25) is 0 Å². The third kappa shape index (κ3) is 2.36. The number of esters is 1. The van der Waals surface area contributed by atoms with Gasteiger partial charge in [0.05, 0.1) is 0 Å². The van der Waals surface area contributed by atoms with E-state index >= 15 is 0 Å². The van der Waals surface area contributed by atoms with Crippen LogP contribution in [0.1, 0.15) is 40.5 Å². The molecule has 2 rings (SSSR count). The molecule has 0 saturated heterocycles. The van der Waals surface area contributed by atoms with Crippen molar-refractivity contribution in [2.45, 2.75) is 46.6 Å². The highest BCUT2D eigenvalue weighted by Crippen LogP contribution is 2.41. The molecular formula is C15H20O2. The number of hydrogen-bond acceptors (Lipinski definition) is 2. The maximum Gasteiger partial charge on any atom is 0.331 e. The van der Waals surface area contributed by atoms with Gasteiger partial charge in [0.15, 0.2) is 0 Å². The molecule has 0 saturated carbocycles. The minimum absolute atomic E-state index is 0.0764. The highest BCUT2D eigenvalue weighted by Gasteiger charge is 2.35. The average Bonchev–Trinajstić information content (AvgIpc) is 2.13. The van der Waals surface area contributed by atoms with Gasteiger partial charge in [-0.15, -0.1) is 0 Å². The summed E-state index contributed by atoms with van der Waals surface area (Å²) in [5.41, 5.74) is 3.72. The van der Waals surface area contributed by atoms with Crippen LogP contribution in [-0.2, 0) is 9.53 Å². The van der Waals surface area contributed by atoms with Crippen LogP contribution in [0.5, 0.6) is 0 Å². The van der Waals surface area contributed by atoms with Gasteiger partial charge < -0.3 is 4.74 Å². The number of hydrogen-bond donors (Lipinski definition) is 0. The zero-order valence-corrected chi connectivity index (χ0v) is 11.0. The van der Waals surface area contributed by atoms with Gasteiger partial charge >= 0.3 is 5.97 Å². The minimum Gasteiger partial charge on any atom is -0.454 e. The zero-order chi connectivity index (χ0) is 12.6. The van der Waals surface area contributed by atoms with Gasteiger partial charge in [-0.2, -0.15) is 0 Å². The number of carbonyl (C=O) groups is 1. The standard InChI is InChI=1S/C15H20O2/c1-10-8-12(17-13(16)9-10)14-11(2)6-5-7-15(14,3)4/h5-6,9,12H,7-8H2,1-4H3. The maximum absolute atomic E-state index is 11.5. The molecule has 1 aliphatic heterocycles. The van der Waals surface area contributed by atoms with Crippen LogP contribution in [0.25, 0.3) is 0 Å². The summed E-state index contributed by atoms with van der Waals surface area (Å²) >= 11 is 0. The Morgan fingerprint density at radius 2 is 2.06 bits per heavy atom. The normalized spacial score (nSPS) is 27.9. The first-order chi connectivity index (χ1) is 7.90. The third-order valence-corrected chi connectivity index (χ3v) is 3.60. The van der Waals surface area contributed by atoms with Crippen molar-refractivity contribution in [2.24, 2.45) is 5.41 Å². The molecule has 0 fully saturated rings. The molecule has 0 N–H and O–H groups in total. The second-order valence-corrected chi connectivity index (χ2v) is 5.71. The summed E-state index contributed by atoms with van der Waals surface area (Å²) < 4.78 is 5.50. The first-order valence-corrected chi connectivity index (χ1v) is 6.16. The summed E-state index contributed by atoms with van der Waals surface area (Å²) in [5, 5.41) is 0. The average molecular weight is 232 g/mol. The van der Waals surface area contributed by atoms with Crippen molar-refractivity contribution in [3.05, 3.63) is 34.9 Å². The van der Waals surface area contributed by atoms with E-state index in [9.17, 15) is 4.79 Å². The first-order valence-electron chi connectivity index (χ1n) is 6.16. The van der Waals surface area contributed by atoms with Crippen LogP contribution in [0.4, 0.5) is 0 Å². The van der Waals surface area contributed by atoms with Gasteiger partial charge in [-0.1, -0.05) is 31.6 Å². The molecular weight excluding hydrogens is 212 g/mol. The molecule has 0 radical (unpaired) electrons. The largest absolute Gasteiger partial charge is 0.454 e. The molecule has 2 nitrogen and oxygen atoms in total. The van der Waals surface area contributed by atoms with Crippen LogP contribution >= 0.6 is 0 Å². The second kappa shape index (κ2) is 4.17. The van der Waals surface area contributed by atoms with Crippen molar-refractivity contribution < 1.29 is 9.53 Å². The Balaban J connectivity index is 2.36. The molecule has 0 spiro atoms. The number of allylic oxidation sites excluding steroid dienone is 3. The predicted octanol–water partition coefficient (Wildman–Crippen LogP) is 3.55. The molecule has 0 amide bonds. The molecule has 1 unspecified atom stereocenters. The third-order valence-electron chi connectivity index (χ3n) is 3.60. The SMILES string of the molecule is CC1=CC(=O)OC(C2=C(C)C=CCC2(C)C)C1. The van der Waals surface area contributed by atoms with Crippen molar-refractivity contribution >= 4 is 5.97 Å². The lowest BCUT2D eigenvalue weighted by molar-refractivity contribution is -0.143. The van der Waals surface area contributed by atoms with Crippen molar-refractivity contribution in [2.75, 3.05) is 0 Å². The van der Waals surface area contributed by atoms with E-state index in [0.29, 0.717) is 0 Å². The van der Waals surface area contributed by atoms with Crippen LogP contribution in [0.3, 0.4) is 0 Å². The van der Waals surface area contributed by atoms with Gasteiger partial charge in [-0.25, -0.2) is 4.79 Å². The Labute approximate surface area is 103 Å². The molecule has 2 heteroatoms. The number of ether oxygens (including phenoxy) is 1. The summed E-state index contributed by atoms with van der Waals surface area (Å²) in [6.07, 6.45) is 7.70. The Hall–Kier alpha value is -1.31. The molecule has 2 aliphatic rings. The number of cyclic esters (lactones) is 1. The van der Waals surface area contributed by atoms with Crippen molar-refractivity contribution in [1.82, 2.24) is 0 Å². The molecule has 1 atom stereocenters. The van der Waals surface area contributed by atoms with Crippen LogP contribution in [-0.4, -0.2) is 12.1 Å². The van der Waals surface area contributed by atoms with Crippen molar-refractivity contribution in [3.63, 3.8) is 0 Å². The van der Waals surface area contributed by atoms with E-state index in [1.165, 1.54) is 11.1 Å². The van der Waals surface area contributed by atoms with E-state index in [1.54, 1.807) is 6.08 Å². The lowest BCUT2D eigenvalue weighted by Crippen LogP contribution is -2.33. The van der Waals surface area contributed by atoms with E-state index in [1.807, 2.05) is 6.92 Å². The van der Waals surface area contributed by atoms with Crippen LogP contribution in [0.2, 0.25) is 0 Å². The molecule has 1 aliphatic carbocycles. The quantitative estimate of drug-likeness (QED) is 0.646. The van der Waals surface area contributed by atoms with E-state index in [0.717, 1.165) is 18.4 Å². The van der Waals surface area contributed by atoms with Crippen molar-refractivity contribution in [1.29, 1.82) is 0 Å². The summed E-state index contributed by atoms with van der Waals surface area (Å²) in [7, 11) is 0. The maximum atomic E-state index is 11.5. The van der Waals surface area contributed by atoms with Crippen molar-refractivity contribution in [3.8, 4) is 0 Å². The molecule has 92 valence electrons. The summed E-state index contributed by atoms with van der Waals surface area (Å²) in [6.45, 7) is 8.54. The molecule has 1 heterocycles. The summed E-state index contributed by atoms with van der Waals surface area (Å²) in [6, 6.07) is 0. The van der Waals surface area contributed by atoms with E-state index < -0.39 is 0 Å².